The van der Waals surface area contributed by atoms with Gasteiger partial charge in [0, 0.05) is 19.3 Å². The number of aliphatic carboxylic acids is 1. The summed E-state index contributed by atoms with van der Waals surface area (Å²) in [6.07, 6.45) is 44.8. The molecule has 53 heavy (non-hydrogen) atoms. The van der Waals surface area contributed by atoms with Crippen molar-refractivity contribution < 1.29 is 38.2 Å². The number of ether oxygens (including phenoxy) is 3. The van der Waals surface area contributed by atoms with Crippen LogP contribution in [-0.2, 0) is 28.6 Å². The smallest absolute Gasteiger partial charge is 0.362 e. The lowest BCUT2D eigenvalue weighted by Crippen LogP contribution is -2.50. The van der Waals surface area contributed by atoms with E-state index in [0.29, 0.717) is 19.3 Å². The number of esters is 2. The zero-order valence-corrected chi connectivity index (χ0v) is 33.9. The van der Waals surface area contributed by atoms with E-state index >= 15 is 0 Å². The largest absolute Gasteiger partial charge is 0.477 e. The molecule has 0 saturated heterocycles. The van der Waals surface area contributed by atoms with Gasteiger partial charge < -0.3 is 23.8 Å². The van der Waals surface area contributed by atoms with Crippen LogP contribution in [0.5, 0.6) is 0 Å². The molecular formula is C45H74NO7+. The zero-order valence-electron chi connectivity index (χ0n) is 33.9. The Morgan fingerprint density at radius 1 is 0.585 bits per heavy atom. The van der Waals surface area contributed by atoms with E-state index in [2.05, 4.69) is 62.5 Å². The van der Waals surface area contributed by atoms with E-state index in [0.717, 1.165) is 83.5 Å². The molecule has 0 aliphatic carbocycles. The molecule has 0 bridgehead atoms. The Labute approximate surface area is 323 Å². The average Bonchev–Trinajstić information content (AvgIpc) is 3.11. The van der Waals surface area contributed by atoms with Gasteiger partial charge in [0.15, 0.2) is 12.1 Å². The lowest BCUT2D eigenvalue weighted by Gasteiger charge is -2.31. The molecule has 0 aliphatic heterocycles. The van der Waals surface area contributed by atoms with Crippen LogP contribution in [0.15, 0.2) is 85.1 Å². The number of carbonyl (C=O) groups excluding carboxylic acids is 2. The second-order valence-electron chi connectivity index (χ2n) is 14.2. The maximum absolute atomic E-state index is 12.7. The van der Waals surface area contributed by atoms with Crippen LogP contribution in [0.2, 0.25) is 0 Å². The van der Waals surface area contributed by atoms with Gasteiger partial charge in [-0.1, -0.05) is 131 Å². The molecule has 0 radical (unpaired) electrons. The predicted molar refractivity (Wildman–Crippen MR) is 220 cm³/mol. The van der Waals surface area contributed by atoms with Gasteiger partial charge in [-0.25, -0.2) is 4.79 Å². The average molecular weight is 741 g/mol. The Hall–Kier alpha value is -3.49. The van der Waals surface area contributed by atoms with E-state index in [1.807, 2.05) is 57.6 Å². The molecule has 300 valence electrons. The van der Waals surface area contributed by atoms with Crippen LogP contribution in [-0.4, -0.2) is 80.6 Å². The van der Waals surface area contributed by atoms with Gasteiger partial charge in [-0.05, 0) is 64.2 Å². The Balaban J connectivity index is 4.49. The number of quaternary nitrogens is 1. The van der Waals surface area contributed by atoms with Crippen LogP contribution in [0.4, 0.5) is 0 Å². The highest BCUT2D eigenvalue weighted by Crippen LogP contribution is 2.12. The van der Waals surface area contributed by atoms with E-state index in [1.165, 1.54) is 12.8 Å². The zero-order chi connectivity index (χ0) is 39.3. The fraction of sp³-hybridized carbons (Fsp3) is 0.622. The molecule has 2 unspecified atom stereocenters. The molecule has 1 N–H and O–H groups in total. The highest BCUT2D eigenvalue weighted by Gasteiger charge is 2.31. The van der Waals surface area contributed by atoms with Gasteiger partial charge in [-0.2, -0.15) is 0 Å². The van der Waals surface area contributed by atoms with E-state index < -0.39 is 18.1 Å². The number of hydrogen-bond acceptors (Lipinski definition) is 6. The molecule has 0 aromatic carbocycles. The van der Waals surface area contributed by atoms with E-state index in [9.17, 15) is 19.5 Å². The minimum atomic E-state index is -0.888. The third kappa shape index (κ3) is 34.1. The van der Waals surface area contributed by atoms with E-state index in [4.69, 9.17) is 14.2 Å². The van der Waals surface area contributed by atoms with Gasteiger partial charge in [-0.3, -0.25) is 9.59 Å². The van der Waals surface area contributed by atoms with Crippen molar-refractivity contribution in [1.82, 2.24) is 0 Å². The number of rotatable bonds is 34. The first-order valence-corrected chi connectivity index (χ1v) is 20.2. The third-order valence-electron chi connectivity index (χ3n) is 8.38. The summed E-state index contributed by atoms with van der Waals surface area (Å²) < 4.78 is 17.2. The molecule has 0 spiro atoms. The van der Waals surface area contributed by atoms with Crippen molar-refractivity contribution in [3.63, 3.8) is 0 Å². The lowest BCUT2D eigenvalue weighted by atomic mass is 10.1. The van der Waals surface area contributed by atoms with Gasteiger partial charge >= 0.3 is 17.9 Å². The van der Waals surface area contributed by atoms with Gasteiger partial charge in [0.05, 0.1) is 34.4 Å². The van der Waals surface area contributed by atoms with Crippen LogP contribution < -0.4 is 0 Å². The number of carbonyl (C=O) groups is 3. The van der Waals surface area contributed by atoms with Crippen LogP contribution in [0.3, 0.4) is 0 Å². The summed E-state index contributed by atoms with van der Waals surface area (Å²) in [6, 6.07) is -0.627. The van der Waals surface area contributed by atoms with Crippen LogP contribution in [0.1, 0.15) is 129 Å². The molecule has 0 aromatic heterocycles. The third-order valence-corrected chi connectivity index (χ3v) is 8.38. The molecular weight excluding hydrogens is 666 g/mol. The quantitative estimate of drug-likeness (QED) is 0.0230. The number of likely N-dealkylation sites (N-methyl/N-ethyl adjacent to an activating group) is 1. The fourth-order valence-electron chi connectivity index (χ4n) is 5.29. The first-order valence-electron chi connectivity index (χ1n) is 20.2. The normalized spacial score (nSPS) is 13.9. The highest BCUT2D eigenvalue weighted by molar-refractivity contribution is 5.72. The van der Waals surface area contributed by atoms with Crippen molar-refractivity contribution in [2.45, 2.75) is 142 Å². The van der Waals surface area contributed by atoms with Crippen LogP contribution in [0.25, 0.3) is 0 Å². The van der Waals surface area contributed by atoms with E-state index in [1.54, 1.807) is 0 Å². The van der Waals surface area contributed by atoms with Crippen LogP contribution in [0, 0.1) is 0 Å². The maximum atomic E-state index is 12.7. The topological polar surface area (TPSA) is 99.1 Å². The second kappa shape index (κ2) is 35.5. The number of nitrogens with zero attached hydrogens (tertiary/aromatic N) is 1. The van der Waals surface area contributed by atoms with Crippen molar-refractivity contribution in [3.8, 4) is 0 Å². The SMILES string of the molecule is CC/C=C/C=C/C=C/C=C/CCCCCC(=O)OCC(COCCC(C(=O)O)[N+](C)(C)C)OC(=O)CCCCCCCC/C=C/C/C=C/C/C=C/CC. The summed E-state index contributed by atoms with van der Waals surface area (Å²) in [7, 11) is 5.49. The van der Waals surface area contributed by atoms with Gasteiger partial charge in [0.25, 0.3) is 0 Å². The number of unbranched alkanes of at least 4 members (excludes halogenated alkanes) is 9. The molecule has 8 nitrogen and oxygen atoms in total. The molecule has 0 heterocycles. The number of carboxylic acids is 1. The van der Waals surface area contributed by atoms with E-state index in [-0.39, 0.29) is 36.2 Å². The molecule has 8 heteroatoms. The van der Waals surface area contributed by atoms with Crippen molar-refractivity contribution in [2.24, 2.45) is 0 Å². The molecule has 0 fully saturated rings. The van der Waals surface area contributed by atoms with Crippen molar-refractivity contribution in [3.05, 3.63) is 85.1 Å². The van der Waals surface area contributed by atoms with Gasteiger partial charge in [0.1, 0.15) is 6.61 Å². The first kappa shape index (κ1) is 49.5. The minimum Gasteiger partial charge on any atom is -0.477 e. The number of carboxylic acid groups (broad SMARTS) is 1. The predicted octanol–water partition coefficient (Wildman–Crippen LogP) is 10.6. The van der Waals surface area contributed by atoms with Crippen LogP contribution >= 0.6 is 0 Å². The fourth-order valence-corrected chi connectivity index (χ4v) is 5.29. The standard InChI is InChI=1S/C45H73NO7/c1-6-8-10-12-14-16-18-20-21-22-24-26-28-30-32-34-36-44(48)53-41(39-51-38-37-42(45(49)50)46(3,4)5)40-52-43(47)35-33-31-29-27-25-23-19-17-15-13-11-9-7-2/h8-11,13-17,19-21,23,25,41-42H,6-7,12,18,22,24,26-40H2,1-5H3/p+1/b10-8+,11-9+,15-13+,16-14+,19-17+,21-20+,25-23+. The Morgan fingerprint density at radius 3 is 1.72 bits per heavy atom. The van der Waals surface area contributed by atoms with Crippen molar-refractivity contribution >= 4 is 17.9 Å². The number of allylic oxidation sites excluding steroid dienone is 14. The molecule has 0 rings (SSSR count). The van der Waals surface area contributed by atoms with Gasteiger partial charge in [-0.15, -0.1) is 0 Å². The lowest BCUT2D eigenvalue weighted by molar-refractivity contribution is -0.887. The van der Waals surface area contributed by atoms with Gasteiger partial charge in [0.2, 0.25) is 0 Å². The second-order valence-corrected chi connectivity index (χ2v) is 14.2. The summed E-state index contributed by atoms with van der Waals surface area (Å²) in [5.74, 6) is -1.55. The summed E-state index contributed by atoms with van der Waals surface area (Å²) in [6.45, 7) is 4.40. The summed E-state index contributed by atoms with van der Waals surface area (Å²) >= 11 is 0. The molecule has 0 aromatic rings. The minimum absolute atomic E-state index is 0.0373. The number of hydrogen-bond donors (Lipinski definition) is 1. The summed E-state index contributed by atoms with van der Waals surface area (Å²) in [5, 5.41) is 9.60. The summed E-state index contributed by atoms with van der Waals surface area (Å²) in [4.78, 5) is 36.9. The molecule has 0 saturated carbocycles. The Kier molecular flexibility index (Phi) is 33.2. The van der Waals surface area contributed by atoms with Crippen molar-refractivity contribution in [2.75, 3.05) is 41.0 Å². The molecule has 2 atom stereocenters. The maximum Gasteiger partial charge on any atom is 0.362 e. The highest BCUT2D eigenvalue weighted by atomic mass is 16.6. The molecule has 0 aliphatic rings. The van der Waals surface area contributed by atoms with Crippen molar-refractivity contribution in [1.29, 1.82) is 0 Å². The first-order chi connectivity index (χ1) is 25.6. The molecule has 0 amide bonds. The Morgan fingerprint density at radius 2 is 1.09 bits per heavy atom. The Bertz CT molecular complexity index is 1140. The summed E-state index contributed by atoms with van der Waals surface area (Å²) in [5.41, 5.74) is 0. The monoisotopic (exact) mass is 741 g/mol.